The second kappa shape index (κ2) is 6.13. The lowest BCUT2D eigenvalue weighted by Crippen LogP contribution is -2.04. The van der Waals surface area contributed by atoms with Gasteiger partial charge in [-0.3, -0.25) is 0 Å². The van der Waals surface area contributed by atoms with Gasteiger partial charge in [0.15, 0.2) is 0 Å². The largest absolute Gasteiger partial charge is 0.373 e. The molecule has 106 valence electrons. The fourth-order valence-electron chi connectivity index (χ4n) is 1.60. The first-order chi connectivity index (χ1) is 9.53. The molecule has 0 atom stereocenters. The zero-order valence-electron chi connectivity index (χ0n) is 11.0. The summed E-state index contributed by atoms with van der Waals surface area (Å²) in [6.45, 7) is 1.92. The molecule has 0 bridgehead atoms. The Morgan fingerprint density at radius 2 is 1.80 bits per heavy atom. The molecule has 0 saturated heterocycles. The van der Waals surface area contributed by atoms with Gasteiger partial charge in [-0.2, -0.15) is 0 Å². The molecule has 0 aliphatic rings. The summed E-state index contributed by atoms with van der Waals surface area (Å²) >= 11 is 3.02. The highest BCUT2D eigenvalue weighted by Gasteiger charge is 2.10. The normalized spacial score (nSPS) is 10.4. The van der Waals surface area contributed by atoms with E-state index < -0.39 is 11.6 Å². The summed E-state index contributed by atoms with van der Waals surface area (Å²) in [5, 5.41) is 5.74. The highest BCUT2D eigenvalue weighted by molar-refractivity contribution is 9.10. The Hall–Kier alpha value is -1.76. The molecule has 0 spiro atoms. The van der Waals surface area contributed by atoms with Crippen LogP contribution in [-0.2, 0) is 6.42 Å². The van der Waals surface area contributed by atoms with Crippen LogP contribution in [0, 0.1) is 11.6 Å². The summed E-state index contributed by atoms with van der Waals surface area (Å²) < 4.78 is 27.1. The van der Waals surface area contributed by atoms with Gasteiger partial charge < -0.3 is 10.6 Å². The maximum absolute atomic E-state index is 13.7. The van der Waals surface area contributed by atoms with Crippen LogP contribution in [0.25, 0.3) is 0 Å². The van der Waals surface area contributed by atoms with E-state index in [9.17, 15) is 8.78 Å². The van der Waals surface area contributed by atoms with Crippen molar-refractivity contribution >= 4 is 33.3 Å². The van der Waals surface area contributed by atoms with E-state index in [1.54, 1.807) is 13.1 Å². The lowest BCUT2D eigenvalue weighted by Gasteiger charge is -2.10. The van der Waals surface area contributed by atoms with Crippen molar-refractivity contribution < 1.29 is 8.78 Å². The zero-order valence-corrected chi connectivity index (χ0v) is 12.6. The summed E-state index contributed by atoms with van der Waals surface area (Å²) in [7, 11) is 1.74. The lowest BCUT2D eigenvalue weighted by molar-refractivity contribution is 0.581. The highest BCUT2D eigenvalue weighted by Crippen LogP contribution is 2.26. The fourth-order valence-corrected chi connectivity index (χ4v) is 1.95. The molecule has 1 aromatic carbocycles. The SMILES string of the molecule is CCc1nc(NC)cc(Nc2cc(Br)c(F)cc2F)n1. The Morgan fingerprint density at radius 1 is 1.10 bits per heavy atom. The van der Waals surface area contributed by atoms with Crippen LogP contribution in [-0.4, -0.2) is 17.0 Å². The van der Waals surface area contributed by atoms with Gasteiger partial charge in [-0.05, 0) is 22.0 Å². The Morgan fingerprint density at radius 3 is 2.45 bits per heavy atom. The van der Waals surface area contributed by atoms with E-state index in [4.69, 9.17) is 0 Å². The minimum absolute atomic E-state index is 0.140. The molecule has 4 nitrogen and oxygen atoms in total. The summed E-state index contributed by atoms with van der Waals surface area (Å²) in [4.78, 5) is 8.49. The first kappa shape index (κ1) is 14.6. The molecule has 2 rings (SSSR count). The number of aromatic nitrogens is 2. The monoisotopic (exact) mass is 342 g/mol. The van der Waals surface area contributed by atoms with Gasteiger partial charge in [-0.25, -0.2) is 18.7 Å². The van der Waals surface area contributed by atoms with Crippen LogP contribution in [0.2, 0.25) is 0 Å². The molecule has 0 amide bonds. The van der Waals surface area contributed by atoms with Crippen molar-refractivity contribution in [2.75, 3.05) is 17.7 Å². The van der Waals surface area contributed by atoms with Crippen molar-refractivity contribution in [1.82, 2.24) is 9.97 Å². The number of rotatable bonds is 4. The third kappa shape index (κ3) is 3.22. The van der Waals surface area contributed by atoms with Crippen LogP contribution >= 0.6 is 15.9 Å². The molecule has 1 heterocycles. The molecule has 20 heavy (non-hydrogen) atoms. The topological polar surface area (TPSA) is 49.8 Å². The van der Waals surface area contributed by atoms with Crippen LogP contribution in [0.4, 0.5) is 26.1 Å². The van der Waals surface area contributed by atoms with Gasteiger partial charge in [0.05, 0.1) is 10.2 Å². The quantitative estimate of drug-likeness (QED) is 0.828. The molecule has 0 aliphatic carbocycles. The fraction of sp³-hybridized carbons (Fsp3) is 0.231. The first-order valence-corrected chi connectivity index (χ1v) is 6.80. The zero-order chi connectivity index (χ0) is 14.7. The van der Waals surface area contributed by atoms with E-state index in [1.807, 2.05) is 6.92 Å². The van der Waals surface area contributed by atoms with E-state index in [1.165, 1.54) is 6.07 Å². The van der Waals surface area contributed by atoms with E-state index in [-0.39, 0.29) is 10.2 Å². The number of aryl methyl sites for hydroxylation is 1. The maximum Gasteiger partial charge on any atom is 0.149 e. The van der Waals surface area contributed by atoms with Crippen molar-refractivity contribution in [1.29, 1.82) is 0 Å². The van der Waals surface area contributed by atoms with E-state index in [0.29, 0.717) is 23.9 Å². The van der Waals surface area contributed by atoms with Gasteiger partial charge in [0.25, 0.3) is 0 Å². The van der Waals surface area contributed by atoms with Gasteiger partial charge in [-0.15, -0.1) is 0 Å². The maximum atomic E-state index is 13.7. The van der Waals surface area contributed by atoms with E-state index in [0.717, 1.165) is 6.07 Å². The second-order valence-electron chi connectivity index (χ2n) is 4.03. The predicted octanol–water partition coefficient (Wildman–Crippen LogP) is 3.87. The van der Waals surface area contributed by atoms with Gasteiger partial charge in [-0.1, -0.05) is 6.92 Å². The van der Waals surface area contributed by atoms with Gasteiger partial charge >= 0.3 is 0 Å². The van der Waals surface area contributed by atoms with Gasteiger partial charge in [0.2, 0.25) is 0 Å². The van der Waals surface area contributed by atoms with Crippen molar-refractivity contribution in [3.8, 4) is 0 Å². The van der Waals surface area contributed by atoms with Crippen molar-refractivity contribution in [2.24, 2.45) is 0 Å². The third-order valence-electron chi connectivity index (χ3n) is 2.62. The van der Waals surface area contributed by atoms with E-state index in [2.05, 4.69) is 36.5 Å². The number of halogens is 3. The average molecular weight is 343 g/mol. The smallest absolute Gasteiger partial charge is 0.149 e. The molecule has 0 aliphatic heterocycles. The minimum Gasteiger partial charge on any atom is -0.373 e. The Bertz CT molecular complexity index is 612. The number of nitrogens with one attached hydrogen (secondary N) is 2. The summed E-state index contributed by atoms with van der Waals surface area (Å²) in [5.74, 6) is 0.356. The molecule has 0 fully saturated rings. The van der Waals surface area contributed by atoms with Crippen molar-refractivity contribution in [3.05, 3.63) is 40.1 Å². The summed E-state index contributed by atoms with van der Waals surface area (Å²) in [5.41, 5.74) is 0.140. The minimum atomic E-state index is -0.687. The number of nitrogens with zero attached hydrogens (tertiary/aromatic N) is 2. The van der Waals surface area contributed by atoms with Gasteiger partial charge in [0.1, 0.15) is 29.1 Å². The van der Waals surface area contributed by atoms with Crippen molar-refractivity contribution in [2.45, 2.75) is 13.3 Å². The third-order valence-corrected chi connectivity index (χ3v) is 3.23. The molecule has 2 N–H and O–H groups in total. The Kier molecular flexibility index (Phi) is 4.49. The molecule has 2 aromatic rings. The molecule has 7 heteroatoms. The predicted molar refractivity (Wildman–Crippen MR) is 78.3 cm³/mol. The highest BCUT2D eigenvalue weighted by atomic mass is 79.9. The standard InChI is InChI=1S/C13H13BrF2N4/c1-3-11-19-12(17-2)6-13(20-11)18-10-4-7(14)8(15)5-9(10)16/h4-6H,3H2,1-2H3,(H2,17,18,19,20). The number of benzene rings is 1. The number of anilines is 3. The first-order valence-electron chi connectivity index (χ1n) is 6.00. The molecule has 1 aromatic heterocycles. The van der Waals surface area contributed by atoms with Gasteiger partial charge in [0, 0.05) is 25.6 Å². The molecule has 0 saturated carbocycles. The number of hydrogen-bond acceptors (Lipinski definition) is 4. The molecular weight excluding hydrogens is 330 g/mol. The Labute approximate surface area is 123 Å². The second-order valence-corrected chi connectivity index (χ2v) is 4.88. The average Bonchev–Trinajstić information content (AvgIpc) is 2.44. The summed E-state index contributed by atoms with van der Waals surface area (Å²) in [6.07, 6.45) is 0.653. The lowest BCUT2D eigenvalue weighted by atomic mass is 10.3. The summed E-state index contributed by atoms with van der Waals surface area (Å²) in [6, 6.07) is 3.79. The van der Waals surface area contributed by atoms with Crippen LogP contribution in [0.5, 0.6) is 0 Å². The number of hydrogen-bond donors (Lipinski definition) is 2. The van der Waals surface area contributed by atoms with Crippen LogP contribution < -0.4 is 10.6 Å². The molecular formula is C13H13BrF2N4. The Balaban J connectivity index is 2.36. The van der Waals surface area contributed by atoms with Crippen LogP contribution in [0.15, 0.2) is 22.7 Å². The van der Waals surface area contributed by atoms with Crippen LogP contribution in [0.3, 0.4) is 0 Å². The molecule has 0 unspecified atom stereocenters. The molecule has 0 radical (unpaired) electrons. The van der Waals surface area contributed by atoms with E-state index >= 15 is 0 Å². The van der Waals surface area contributed by atoms with Crippen LogP contribution in [0.1, 0.15) is 12.7 Å². The van der Waals surface area contributed by atoms with Crippen molar-refractivity contribution in [3.63, 3.8) is 0 Å².